The first-order valence-electron chi connectivity index (χ1n) is 23.4. The van der Waals surface area contributed by atoms with Crippen LogP contribution in [0.15, 0.2) is 224 Å². The van der Waals surface area contributed by atoms with Crippen LogP contribution in [0, 0.1) is 13.8 Å². The van der Waals surface area contributed by atoms with E-state index in [1.54, 1.807) is 0 Å². The van der Waals surface area contributed by atoms with Gasteiger partial charge in [-0.2, -0.15) is 0 Å². The number of rotatable bonds is 9. The summed E-state index contributed by atoms with van der Waals surface area (Å²) in [5.74, 6) is 0.417. The third-order valence-corrected chi connectivity index (χ3v) is 13.6. The molecule has 1 unspecified atom stereocenters. The van der Waals surface area contributed by atoms with Crippen LogP contribution in [0.25, 0.3) is 61.3 Å². The molecular formula is C63H50N4. The van der Waals surface area contributed by atoms with Crippen molar-refractivity contribution in [1.29, 1.82) is 0 Å². The molecule has 0 fully saturated rings. The second kappa shape index (κ2) is 16.6. The summed E-state index contributed by atoms with van der Waals surface area (Å²) in [6.45, 7) is 6.64. The minimum atomic E-state index is 0.417. The fourth-order valence-corrected chi connectivity index (χ4v) is 10.3. The summed E-state index contributed by atoms with van der Waals surface area (Å²) in [5, 5.41) is 3.73. The lowest BCUT2D eigenvalue weighted by atomic mass is 9.93. The Labute approximate surface area is 392 Å². The zero-order valence-electron chi connectivity index (χ0n) is 38.0. The van der Waals surface area contributed by atoms with Crippen molar-refractivity contribution in [2.24, 2.45) is 0 Å². The number of hydrogen-bond donors (Lipinski definition) is 0. The normalized spacial score (nSPS) is 13.3. The van der Waals surface area contributed by atoms with Crippen molar-refractivity contribution < 1.29 is 0 Å². The fraction of sp³-hybridized carbons (Fsp3) is 0.0794. The summed E-state index contributed by atoms with van der Waals surface area (Å²) in [6, 6.07) is 79.9. The lowest BCUT2D eigenvalue weighted by molar-refractivity contribution is 0.723. The van der Waals surface area contributed by atoms with E-state index in [2.05, 4.69) is 270 Å². The molecule has 4 nitrogen and oxygen atoms in total. The minimum absolute atomic E-state index is 0.417. The molecule has 67 heavy (non-hydrogen) atoms. The smallest absolute Gasteiger partial charge is 0.0542 e. The summed E-state index contributed by atoms with van der Waals surface area (Å²) >= 11 is 0. The zero-order chi connectivity index (χ0) is 45.0. The van der Waals surface area contributed by atoms with Crippen LogP contribution in [0.5, 0.6) is 0 Å². The highest BCUT2D eigenvalue weighted by Gasteiger charge is 2.25. The molecule has 11 aromatic rings. The molecule has 1 aliphatic rings. The Morgan fingerprint density at radius 2 is 0.806 bits per heavy atom. The van der Waals surface area contributed by atoms with Gasteiger partial charge < -0.3 is 18.9 Å². The predicted molar refractivity (Wildman–Crippen MR) is 284 cm³/mol. The molecule has 0 saturated heterocycles. The molecule has 12 rings (SSSR count). The first kappa shape index (κ1) is 40.2. The van der Waals surface area contributed by atoms with Gasteiger partial charge in [0.15, 0.2) is 0 Å². The quantitative estimate of drug-likeness (QED) is 0.144. The fourth-order valence-electron chi connectivity index (χ4n) is 10.3. The molecule has 0 N–H and O–H groups in total. The molecule has 0 radical (unpaired) electrons. The second-order valence-corrected chi connectivity index (χ2v) is 18.0. The topological polar surface area (TPSA) is 16.3 Å². The van der Waals surface area contributed by atoms with E-state index in [1.165, 1.54) is 71.9 Å². The van der Waals surface area contributed by atoms with E-state index in [1.807, 2.05) is 0 Å². The minimum Gasteiger partial charge on any atom is -0.313 e. The second-order valence-electron chi connectivity index (χ2n) is 18.0. The zero-order valence-corrected chi connectivity index (χ0v) is 38.0. The highest BCUT2D eigenvalue weighted by atomic mass is 15.1. The van der Waals surface area contributed by atoms with E-state index in [-0.39, 0.29) is 0 Å². The molecule has 2 aromatic heterocycles. The number of para-hydroxylation sites is 3. The first-order chi connectivity index (χ1) is 33.0. The van der Waals surface area contributed by atoms with Crippen molar-refractivity contribution in [2.45, 2.75) is 33.1 Å². The Hall–Kier alpha value is -8.34. The molecule has 9 aromatic carbocycles. The molecule has 4 heteroatoms. The lowest BCUT2D eigenvalue weighted by Gasteiger charge is -2.26. The molecule has 1 aliphatic carbocycles. The molecule has 0 amide bonds. The maximum absolute atomic E-state index is 2.48. The number of hydrogen-bond acceptors (Lipinski definition) is 2. The van der Waals surface area contributed by atoms with Crippen molar-refractivity contribution in [1.82, 2.24) is 9.13 Å². The summed E-state index contributed by atoms with van der Waals surface area (Å²) in [7, 11) is 0. The summed E-state index contributed by atoms with van der Waals surface area (Å²) < 4.78 is 4.85. The number of anilines is 6. The van der Waals surface area contributed by atoms with Crippen molar-refractivity contribution in [3.63, 3.8) is 0 Å². The Balaban J connectivity index is 0.910. The standard InChI is InChI=1S/C63H50N4/c1-43-21-29-50(30-22-43)64(54-37-39-61-58(41-54)56-18-10-11-20-60(56)66(61)48-14-6-4-7-15-48)52-33-25-46(26-34-52)47-27-35-53(36-28-47)65(51-31-23-44(2)24-32-51)55-38-40-62-59(42-55)57-19-12-13-45(3)63(57)67(62)49-16-8-5-9-17-49/h4-12,14-42,45H,13H2,1-3H3. The van der Waals surface area contributed by atoms with Crippen LogP contribution in [-0.4, -0.2) is 9.13 Å². The maximum Gasteiger partial charge on any atom is 0.0542 e. The van der Waals surface area contributed by atoms with Crippen LogP contribution in [-0.2, 0) is 0 Å². The average Bonchev–Trinajstić information content (AvgIpc) is 3.89. The van der Waals surface area contributed by atoms with Crippen LogP contribution in [0.4, 0.5) is 34.1 Å². The predicted octanol–water partition coefficient (Wildman–Crippen LogP) is 17.5. The average molecular weight is 863 g/mol. The van der Waals surface area contributed by atoms with Gasteiger partial charge in [-0.15, -0.1) is 0 Å². The van der Waals surface area contributed by atoms with Gasteiger partial charge in [0.25, 0.3) is 0 Å². The van der Waals surface area contributed by atoms with Crippen LogP contribution in [0.2, 0.25) is 0 Å². The highest BCUT2D eigenvalue weighted by Crippen LogP contribution is 2.44. The van der Waals surface area contributed by atoms with E-state index in [0.29, 0.717) is 5.92 Å². The first-order valence-corrected chi connectivity index (χ1v) is 23.4. The van der Waals surface area contributed by atoms with Gasteiger partial charge >= 0.3 is 0 Å². The van der Waals surface area contributed by atoms with Gasteiger partial charge in [-0.3, -0.25) is 0 Å². The van der Waals surface area contributed by atoms with Gasteiger partial charge in [-0.1, -0.05) is 133 Å². The third-order valence-electron chi connectivity index (χ3n) is 13.6. The van der Waals surface area contributed by atoms with E-state index < -0.39 is 0 Å². The molecule has 322 valence electrons. The van der Waals surface area contributed by atoms with Gasteiger partial charge in [-0.25, -0.2) is 0 Å². The molecular weight excluding hydrogens is 813 g/mol. The molecule has 0 aliphatic heterocycles. The molecule has 1 atom stereocenters. The Morgan fingerprint density at radius 1 is 0.388 bits per heavy atom. The lowest BCUT2D eigenvalue weighted by Crippen LogP contribution is -2.10. The Morgan fingerprint density at radius 3 is 1.34 bits per heavy atom. The van der Waals surface area contributed by atoms with Crippen LogP contribution in [0.1, 0.15) is 41.6 Å². The molecule has 0 spiro atoms. The van der Waals surface area contributed by atoms with E-state index in [9.17, 15) is 0 Å². The van der Waals surface area contributed by atoms with Crippen molar-refractivity contribution in [3.8, 4) is 22.5 Å². The van der Waals surface area contributed by atoms with Crippen LogP contribution in [0.3, 0.4) is 0 Å². The van der Waals surface area contributed by atoms with E-state index >= 15 is 0 Å². The van der Waals surface area contributed by atoms with Crippen molar-refractivity contribution >= 4 is 72.9 Å². The Kier molecular flexibility index (Phi) is 9.95. The number of allylic oxidation sites excluding steroid dienone is 1. The van der Waals surface area contributed by atoms with E-state index in [4.69, 9.17) is 0 Å². The summed E-state index contributed by atoms with van der Waals surface area (Å²) in [6.07, 6.45) is 5.71. The highest BCUT2D eigenvalue weighted by molar-refractivity contribution is 6.10. The van der Waals surface area contributed by atoms with Gasteiger partial charge in [0.05, 0.1) is 16.6 Å². The van der Waals surface area contributed by atoms with Gasteiger partial charge in [-0.05, 0) is 147 Å². The maximum atomic E-state index is 2.48. The van der Waals surface area contributed by atoms with Gasteiger partial charge in [0.1, 0.15) is 0 Å². The molecule has 2 heterocycles. The van der Waals surface area contributed by atoms with Crippen molar-refractivity contribution in [3.05, 3.63) is 247 Å². The number of nitrogens with zero attached hydrogens (tertiary/aromatic N) is 4. The van der Waals surface area contributed by atoms with Gasteiger partial charge in [0, 0.05) is 78.8 Å². The number of aromatic nitrogens is 2. The third kappa shape index (κ3) is 7.10. The molecule has 0 bridgehead atoms. The van der Waals surface area contributed by atoms with Crippen molar-refractivity contribution in [2.75, 3.05) is 9.80 Å². The largest absolute Gasteiger partial charge is 0.313 e. The monoisotopic (exact) mass is 862 g/mol. The van der Waals surface area contributed by atoms with Crippen LogP contribution < -0.4 is 9.80 Å². The van der Waals surface area contributed by atoms with E-state index in [0.717, 1.165) is 46.2 Å². The Bertz CT molecular complexity index is 3600. The summed E-state index contributed by atoms with van der Waals surface area (Å²) in [5.41, 5.74) is 20.2. The SMILES string of the molecule is Cc1ccc(N(c2ccc(-c3ccc(N(c4ccc(C)cc4)c4ccc5c(c4)c4ccccc4n5-c4ccccc4)cc3)cc2)c2ccc3c(c2)c2c(n3-c3ccccc3)C(C)CC=C2)cc1. The van der Waals surface area contributed by atoms with Gasteiger partial charge in [0.2, 0.25) is 0 Å². The summed E-state index contributed by atoms with van der Waals surface area (Å²) in [4.78, 5) is 4.76. The number of benzene rings is 9. The van der Waals surface area contributed by atoms with Crippen LogP contribution >= 0.6 is 0 Å². The number of aryl methyl sites for hydroxylation is 2. The molecule has 0 saturated carbocycles. The number of fused-ring (bicyclic) bond motifs is 6.